The fourth-order valence-electron chi connectivity index (χ4n) is 8.19. The van der Waals surface area contributed by atoms with Crippen LogP contribution in [-0.2, 0) is 0 Å². The quantitative estimate of drug-likeness (QED) is 0.0641. The molecule has 0 radical (unpaired) electrons. The van der Waals surface area contributed by atoms with E-state index in [1.165, 1.54) is 180 Å². The summed E-state index contributed by atoms with van der Waals surface area (Å²) in [4.78, 5) is 1.80. The summed E-state index contributed by atoms with van der Waals surface area (Å²) in [5, 5.41) is 22.8. The van der Waals surface area contributed by atoms with Crippen LogP contribution in [0.2, 0.25) is 0 Å². The second kappa shape index (κ2) is 41.1. The van der Waals surface area contributed by atoms with E-state index < -0.39 is 0 Å². The normalized spacial score (nSPS) is 11.4. The molecule has 0 saturated heterocycles. The predicted molar refractivity (Wildman–Crippen MR) is 271 cm³/mol. The Morgan fingerprint density at radius 3 is 0.651 bits per heavy atom. The number of aromatic hydroxyl groups is 2. The number of phenols is 2. The van der Waals surface area contributed by atoms with E-state index in [9.17, 15) is 10.2 Å². The van der Waals surface area contributed by atoms with Crippen molar-refractivity contribution in [1.82, 2.24) is 0 Å². The van der Waals surface area contributed by atoms with E-state index >= 15 is 0 Å². The minimum atomic E-state index is 0.0758. The Morgan fingerprint density at radius 1 is 0.286 bits per heavy atom. The molecule has 0 heterocycles. The van der Waals surface area contributed by atoms with Gasteiger partial charge in [0.05, 0.1) is 26.4 Å². The van der Waals surface area contributed by atoms with Gasteiger partial charge in [-0.05, 0) is 49.9 Å². The fourth-order valence-corrected chi connectivity index (χ4v) is 9.13. The van der Waals surface area contributed by atoms with Gasteiger partial charge in [0.1, 0.15) is 0 Å². The van der Waals surface area contributed by atoms with Crippen LogP contribution in [0.25, 0.3) is 0 Å². The van der Waals surface area contributed by atoms with Crippen LogP contribution < -0.4 is 18.9 Å². The molecule has 0 aliphatic heterocycles. The molecular weight excluding hydrogens is 801 g/mol. The topological polar surface area (TPSA) is 77.4 Å². The van der Waals surface area contributed by atoms with Crippen molar-refractivity contribution in [1.29, 1.82) is 0 Å². The maximum absolute atomic E-state index is 11.4. The average molecular weight is 899 g/mol. The number of benzene rings is 2. The summed E-state index contributed by atoms with van der Waals surface area (Å²) in [6.45, 7) is 11.3. The zero-order valence-corrected chi connectivity index (χ0v) is 42.3. The third kappa shape index (κ3) is 29.7. The number of unbranched alkanes of at least 4 members (excludes halogenated alkanes) is 32. The first-order chi connectivity index (χ1) is 31.0. The standard InChI is InChI=1S/C56H98O6S/c1-5-9-13-17-21-25-29-33-37-41-59-51-45-49(46-52(55(51)57)60-42-38-34-30-26-22-18-14-10-6-2)63-50-47-53(61-43-39-35-31-27-23-19-15-11-7-3)56(58)54(48-50)62-44-40-36-32-28-24-20-16-12-8-4/h45-48,57-58H,5-44H2,1-4H3. The summed E-state index contributed by atoms with van der Waals surface area (Å²) >= 11 is 1.55. The Morgan fingerprint density at radius 2 is 0.460 bits per heavy atom. The first kappa shape index (κ1) is 56.7. The van der Waals surface area contributed by atoms with E-state index in [-0.39, 0.29) is 11.5 Å². The SMILES string of the molecule is CCCCCCCCCCCOc1cc(Sc2cc(OCCCCCCCCCCC)c(O)c(OCCCCCCCCCCC)c2)cc(OCCCCCCCCCCC)c1O. The highest BCUT2D eigenvalue weighted by Crippen LogP contribution is 2.46. The summed E-state index contributed by atoms with van der Waals surface area (Å²) in [6, 6.07) is 7.71. The van der Waals surface area contributed by atoms with Crippen LogP contribution in [-0.4, -0.2) is 36.6 Å². The molecule has 0 spiro atoms. The average Bonchev–Trinajstić information content (AvgIpc) is 3.28. The molecule has 63 heavy (non-hydrogen) atoms. The highest BCUT2D eigenvalue weighted by Gasteiger charge is 2.18. The van der Waals surface area contributed by atoms with Crippen LogP contribution in [0.4, 0.5) is 0 Å². The molecule has 0 aliphatic carbocycles. The van der Waals surface area contributed by atoms with Crippen LogP contribution in [0.3, 0.4) is 0 Å². The fraction of sp³-hybridized carbons (Fsp3) is 0.786. The smallest absolute Gasteiger partial charge is 0.200 e. The van der Waals surface area contributed by atoms with Gasteiger partial charge in [0.25, 0.3) is 0 Å². The number of hydrogen-bond acceptors (Lipinski definition) is 7. The van der Waals surface area contributed by atoms with Crippen molar-refractivity contribution in [3.8, 4) is 34.5 Å². The van der Waals surface area contributed by atoms with Gasteiger partial charge >= 0.3 is 0 Å². The van der Waals surface area contributed by atoms with Gasteiger partial charge < -0.3 is 29.2 Å². The summed E-state index contributed by atoms with van der Waals surface area (Å²) in [5.74, 6) is 2.00. The van der Waals surface area contributed by atoms with E-state index in [0.29, 0.717) is 49.4 Å². The Balaban J connectivity index is 2.13. The third-order valence-corrected chi connectivity index (χ3v) is 13.2. The van der Waals surface area contributed by atoms with Crippen LogP contribution in [0.1, 0.15) is 259 Å². The number of ether oxygens (including phenoxy) is 4. The van der Waals surface area contributed by atoms with E-state index in [4.69, 9.17) is 18.9 Å². The molecule has 0 fully saturated rings. The van der Waals surface area contributed by atoms with Crippen LogP contribution in [0.5, 0.6) is 34.5 Å². The predicted octanol–water partition coefficient (Wildman–Crippen LogP) is 18.9. The van der Waals surface area contributed by atoms with Gasteiger partial charge in [0.15, 0.2) is 23.0 Å². The van der Waals surface area contributed by atoms with Crippen molar-refractivity contribution in [2.75, 3.05) is 26.4 Å². The Labute approximate surface area is 393 Å². The molecule has 2 rings (SSSR count). The molecule has 0 amide bonds. The van der Waals surface area contributed by atoms with Crippen LogP contribution >= 0.6 is 11.8 Å². The highest BCUT2D eigenvalue weighted by molar-refractivity contribution is 7.99. The Bertz CT molecular complexity index is 1140. The lowest BCUT2D eigenvalue weighted by molar-refractivity contribution is 0.263. The molecular formula is C56H98O6S. The second-order valence-corrected chi connectivity index (χ2v) is 19.5. The Kier molecular flexibility index (Phi) is 37.0. The largest absolute Gasteiger partial charge is 0.502 e. The Hall–Kier alpha value is -2.41. The van der Waals surface area contributed by atoms with Crippen molar-refractivity contribution in [2.24, 2.45) is 0 Å². The lowest BCUT2D eigenvalue weighted by atomic mass is 10.1. The van der Waals surface area contributed by atoms with E-state index in [2.05, 4.69) is 27.7 Å². The van der Waals surface area contributed by atoms with Gasteiger partial charge in [-0.1, -0.05) is 245 Å². The lowest BCUT2D eigenvalue weighted by Crippen LogP contribution is -2.02. The van der Waals surface area contributed by atoms with Crippen molar-refractivity contribution in [3.63, 3.8) is 0 Å². The van der Waals surface area contributed by atoms with E-state index in [1.54, 1.807) is 11.8 Å². The van der Waals surface area contributed by atoms with Gasteiger partial charge in [0, 0.05) is 9.79 Å². The van der Waals surface area contributed by atoms with Crippen molar-refractivity contribution >= 4 is 11.8 Å². The van der Waals surface area contributed by atoms with Gasteiger partial charge in [-0.15, -0.1) is 0 Å². The molecule has 0 atom stereocenters. The van der Waals surface area contributed by atoms with Crippen LogP contribution in [0.15, 0.2) is 34.1 Å². The van der Waals surface area contributed by atoms with Gasteiger partial charge in [-0.2, -0.15) is 0 Å². The number of hydrogen-bond donors (Lipinski definition) is 2. The summed E-state index contributed by atoms with van der Waals surface area (Å²) < 4.78 is 25.1. The molecule has 2 N–H and O–H groups in total. The second-order valence-electron chi connectivity index (χ2n) is 18.3. The summed E-state index contributed by atoms with van der Waals surface area (Å²) in [7, 11) is 0. The molecule has 7 heteroatoms. The monoisotopic (exact) mass is 899 g/mol. The van der Waals surface area contributed by atoms with Crippen LogP contribution in [0, 0.1) is 0 Å². The molecule has 0 unspecified atom stereocenters. The molecule has 0 bridgehead atoms. The zero-order chi connectivity index (χ0) is 45.3. The molecule has 0 saturated carbocycles. The molecule has 2 aromatic rings. The highest BCUT2D eigenvalue weighted by atomic mass is 32.2. The first-order valence-corrected chi connectivity index (χ1v) is 27.8. The summed E-state index contributed by atoms with van der Waals surface area (Å²) in [6.07, 6.45) is 44.9. The lowest BCUT2D eigenvalue weighted by Gasteiger charge is -2.17. The maximum Gasteiger partial charge on any atom is 0.200 e. The number of rotatable bonds is 46. The molecule has 0 aliphatic rings. The summed E-state index contributed by atoms with van der Waals surface area (Å²) in [5.41, 5.74) is 0. The number of phenolic OH excluding ortho intramolecular Hbond substituents is 2. The molecule has 2 aromatic carbocycles. The van der Waals surface area contributed by atoms with E-state index in [1.807, 2.05) is 24.3 Å². The minimum absolute atomic E-state index is 0.0758. The van der Waals surface area contributed by atoms with Crippen molar-refractivity contribution < 1.29 is 29.2 Å². The minimum Gasteiger partial charge on any atom is -0.502 e. The zero-order valence-electron chi connectivity index (χ0n) is 41.5. The van der Waals surface area contributed by atoms with E-state index in [0.717, 1.165) is 61.2 Å². The third-order valence-electron chi connectivity index (χ3n) is 12.3. The molecule has 0 aromatic heterocycles. The first-order valence-electron chi connectivity index (χ1n) is 27.0. The molecule has 364 valence electrons. The van der Waals surface area contributed by atoms with Gasteiger partial charge in [0.2, 0.25) is 11.5 Å². The van der Waals surface area contributed by atoms with Gasteiger partial charge in [-0.25, -0.2) is 0 Å². The molecule has 6 nitrogen and oxygen atoms in total. The maximum atomic E-state index is 11.4. The van der Waals surface area contributed by atoms with Crippen molar-refractivity contribution in [2.45, 2.75) is 269 Å². The van der Waals surface area contributed by atoms with Crippen molar-refractivity contribution in [3.05, 3.63) is 24.3 Å². The van der Waals surface area contributed by atoms with Gasteiger partial charge in [-0.3, -0.25) is 0 Å².